The molecule has 9 unspecified atom stereocenters. The summed E-state index contributed by atoms with van der Waals surface area (Å²) < 4.78 is 23.7. The number of anilines is 1. The van der Waals surface area contributed by atoms with Crippen molar-refractivity contribution >= 4 is 40.3 Å². The van der Waals surface area contributed by atoms with Crippen molar-refractivity contribution in [2.24, 2.45) is 28.8 Å². The number of methoxy groups -OCH3 is 1. The second kappa shape index (κ2) is 19.7. The van der Waals surface area contributed by atoms with Crippen molar-refractivity contribution in [2.45, 2.75) is 137 Å². The van der Waals surface area contributed by atoms with Crippen LogP contribution in [-0.2, 0) is 23.8 Å². The normalized spacial score (nSPS) is 29.8. The molecule has 0 saturated heterocycles. The Bertz CT molecular complexity index is 2090. The number of ether oxygens (including phenoxy) is 4. The molecule has 4 aliphatic rings. The van der Waals surface area contributed by atoms with Crippen molar-refractivity contribution in [3.8, 4) is 23.0 Å². The van der Waals surface area contributed by atoms with Crippen LogP contribution in [0.1, 0.15) is 115 Å². The van der Waals surface area contributed by atoms with E-state index in [1.54, 1.807) is 39.8 Å². The van der Waals surface area contributed by atoms with Crippen LogP contribution < -0.4 is 15.5 Å². The Labute approximate surface area is 357 Å². The minimum Gasteiger partial charge on any atom is -0.507 e. The van der Waals surface area contributed by atoms with Crippen molar-refractivity contribution in [3.63, 3.8) is 0 Å². The Balaban J connectivity index is 1.68. The van der Waals surface area contributed by atoms with E-state index in [2.05, 4.69) is 15.8 Å². The zero-order valence-corrected chi connectivity index (χ0v) is 36.7. The van der Waals surface area contributed by atoms with E-state index in [-0.39, 0.29) is 50.5 Å². The predicted octanol–water partition coefficient (Wildman–Crippen LogP) is 6.79. The number of amides is 1. The molecule has 2 aromatic carbocycles. The second-order valence-corrected chi connectivity index (χ2v) is 17.0. The fourth-order valence-corrected chi connectivity index (χ4v) is 8.67. The average molecular weight is 850 g/mol. The molecule has 1 fully saturated rings. The third kappa shape index (κ3) is 9.84. The largest absolute Gasteiger partial charge is 0.507 e. The molecule has 3 aliphatic heterocycles. The lowest BCUT2D eigenvalue weighted by Gasteiger charge is -2.38. The van der Waals surface area contributed by atoms with E-state index >= 15 is 0 Å². The van der Waals surface area contributed by atoms with Crippen LogP contribution in [0.15, 0.2) is 41.2 Å². The van der Waals surface area contributed by atoms with Gasteiger partial charge in [-0.3, -0.25) is 14.4 Å². The smallest absolute Gasteiger partial charge is 0.312 e. The van der Waals surface area contributed by atoms with Gasteiger partial charge in [0.15, 0.2) is 5.75 Å². The number of aromatic hydroxyl groups is 3. The molecule has 3 heterocycles. The first kappa shape index (κ1) is 46.9. The van der Waals surface area contributed by atoms with Gasteiger partial charge in [-0.05, 0) is 32.8 Å². The van der Waals surface area contributed by atoms with Gasteiger partial charge < -0.3 is 55.2 Å². The lowest BCUT2D eigenvalue weighted by Crippen LogP contribution is -2.46. The SMILES string of the molecule is COC1C=COC2(C)Oc3c(C)c(O)c4c(O)c(c(/C=N/NC5CCCCCCC5)c(O)c4c3C2=O)NC(=O)C(C)=CC=CC(C)C(O)C(C)C(O)C(C)C(OC(C)=O)C1C. The van der Waals surface area contributed by atoms with Gasteiger partial charge in [-0.25, -0.2) is 0 Å². The maximum Gasteiger partial charge on any atom is 0.312 e. The Hall–Kier alpha value is -5.12. The van der Waals surface area contributed by atoms with Gasteiger partial charge in [-0.1, -0.05) is 78.0 Å². The van der Waals surface area contributed by atoms with E-state index in [9.17, 15) is 39.9 Å². The molecule has 1 aliphatic carbocycles. The van der Waals surface area contributed by atoms with E-state index in [0.29, 0.717) is 0 Å². The van der Waals surface area contributed by atoms with Crippen LogP contribution in [0.4, 0.5) is 5.69 Å². The Morgan fingerprint density at radius 2 is 1.57 bits per heavy atom. The van der Waals surface area contributed by atoms with E-state index in [0.717, 1.165) is 38.5 Å². The van der Waals surface area contributed by atoms with E-state index in [1.807, 2.05) is 0 Å². The van der Waals surface area contributed by atoms with E-state index < -0.39 is 88.8 Å². The minimum absolute atomic E-state index is 0.0531. The second-order valence-electron chi connectivity index (χ2n) is 17.0. The van der Waals surface area contributed by atoms with Gasteiger partial charge in [-0.2, -0.15) is 5.10 Å². The average Bonchev–Trinajstić information content (AvgIpc) is 3.47. The van der Waals surface area contributed by atoms with E-state index in [1.165, 1.54) is 65.9 Å². The first-order valence-electron chi connectivity index (χ1n) is 21.2. The number of hydrogen-bond acceptors (Lipinski definition) is 14. The van der Waals surface area contributed by atoms with Gasteiger partial charge in [-0.15, -0.1) is 0 Å². The molecule has 9 atom stereocenters. The summed E-state index contributed by atoms with van der Waals surface area (Å²) in [6, 6.07) is 0.0531. The summed E-state index contributed by atoms with van der Waals surface area (Å²) in [7, 11) is 1.44. The van der Waals surface area contributed by atoms with Crippen LogP contribution in [0.25, 0.3) is 10.8 Å². The number of Topliss-reactive ketones (excluding diaryl/α,β-unsaturated/α-hetero) is 1. The molecular weight excluding hydrogens is 787 g/mol. The summed E-state index contributed by atoms with van der Waals surface area (Å²) in [6.07, 6.45) is 12.1. The predicted molar refractivity (Wildman–Crippen MR) is 231 cm³/mol. The third-order valence-corrected chi connectivity index (χ3v) is 12.6. The molecule has 0 aromatic heterocycles. The molecule has 0 spiro atoms. The van der Waals surface area contributed by atoms with Crippen molar-refractivity contribution in [3.05, 3.63) is 52.8 Å². The van der Waals surface area contributed by atoms with Gasteiger partial charge in [0.25, 0.3) is 11.7 Å². The highest BCUT2D eigenvalue weighted by Gasteiger charge is 2.50. The first-order valence-corrected chi connectivity index (χ1v) is 21.2. The molecule has 2 aromatic rings. The molecule has 61 heavy (non-hydrogen) atoms. The maximum atomic E-state index is 14.5. The molecule has 1 saturated carbocycles. The number of hydrazone groups is 1. The number of rotatable bonds is 5. The summed E-state index contributed by atoms with van der Waals surface area (Å²) in [5.41, 5.74) is 2.81. The quantitative estimate of drug-likeness (QED) is 0.0542. The lowest BCUT2D eigenvalue weighted by atomic mass is 9.78. The first-order chi connectivity index (χ1) is 28.8. The van der Waals surface area contributed by atoms with Crippen molar-refractivity contribution < 1.29 is 58.9 Å². The van der Waals surface area contributed by atoms with Gasteiger partial charge >= 0.3 is 11.8 Å². The summed E-state index contributed by atoms with van der Waals surface area (Å²) in [6.45, 7) is 12.6. The molecule has 15 heteroatoms. The van der Waals surface area contributed by atoms with Crippen LogP contribution in [0.5, 0.6) is 23.0 Å². The Morgan fingerprint density at radius 3 is 2.21 bits per heavy atom. The van der Waals surface area contributed by atoms with Crippen LogP contribution in [0, 0.1) is 30.6 Å². The van der Waals surface area contributed by atoms with Crippen molar-refractivity contribution in [1.82, 2.24) is 5.43 Å². The maximum absolute atomic E-state index is 14.5. The Morgan fingerprint density at radius 1 is 0.918 bits per heavy atom. The fraction of sp³-hybridized carbons (Fsp3) is 0.565. The number of esters is 1. The lowest BCUT2D eigenvalue weighted by molar-refractivity contribution is -0.160. The third-order valence-electron chi connectivity index (χ3n) is 12.6. The van der Waals surface area contributed by atoms with Crippen molar-refractivity contribution in [1.29, 1.82) is 0 Å². The van der Waals surface area contributed by atoms with Crippen LogP contribution in [-0.4, -0.2) is 92.8 Å². The van der Waals surface area contributed by atoms with Crippen LogP contribution in [0.2, 0.25) is 0 Å². The number of aliphatic hydroxyl groups excluding tert-OH is 2. The zero-order valence-electron chi connectivity index (χ0n) is 36.7. The van der Waals surface area contributed by atoms with E-state index in [4.69, 9.17) is 18.9 Å². The summed E-state index contributed by atoms with van der Waals surface area (Å²) in [5.74, 6) is -8.32. The van der Waals surface area contributed by atoms with Crippen LogP contribution in [0.3, 0.4) is 0 Å². The highest BCUT2D eigenvalue weighted by molar-refractivity contribution is 6.23. The van der Waals surface area contributed by atoms with Gasteiger partial charge in [0.2, 0.25) is 0 Å². The topological polar surface area (TPSA) is 226 Å². The molecular formula is C46H63N3O12. The minimum atomic E-state index is -2.04. The van der Waals surface area contributed by atoms with Gasteiger partial charge in [0.05, 0.1) is 53.0 Å². The number of carbonyl (C=O) groups excluding carboxylic acids is 3. The number of phenols is 3. The number of nitrogens with one attached hydrogen (secondary N) is 2. The Kier molecular flexibility index (Phi) is 15.2. The number of ketones is 1. The molecule has 5 bridgehead atoms. The molecule has 7 N–H and O–H groups in total. The number of nitrogens with zero attached hydrogens (tertiary/aromatic N) is 1. The molecule has 1 amide bonds. The summed E-state index contributed by atoms with van der Waals surface area (Å²) in [5, 5.41) is 65.2. The number of benzene rings is 2. The number of aliphatic hydroxyl groups is 2. The number of hydrogen-bond donors (Lipinski definition) is 7. The monoisotopic (exact) mass is 849 g/mol. The highest BCUT2D eigenvalue weighted by Crippen LogP contribution is 2.55. The molecule has 0 radical (unpaired) electrons. The number of allylic oxidation sites excluding steroid dienone is 2. The molecule has 6 rings (SSSR count). The molecule has 334 valence electrons. The van der Waals surface area contributed by atoms with Gasteiger partial charge in [0, 0.05) is 67.2 Å². The van der Waals surface area contributed by atoms with Gasteiger partial charge in [0.1, 0.15) is 23.4 Å². The highest BCUT2D eigenvalue weighted by atomic mass is 16.7. The number of fused-ring (bicyclic) bond motifs is 14. The fourth-order valence-electron chi connectivity index (χ4n) is 8.67. The van der Waals surface area contributed by atoms with Crippen molar-refractivity contribution in [2.75, 3.05) is 12.4 Å². The summed E-state index contributed by atoms with van der Waals surface area (Å²) in [4.78, 5) is 40.6. The molecule has 15 nitrogen and oxygen atoms in total. The summed E-state index contributed by atoms with van der Waals surface area (Å²) >= 11 is 0. The number of phenolic OH excluding ortho intramolecular Hbond substituents is 3. The number of carbonyl (C=O) groups is 3. The zero-order chi connectivity index (χ0) is 44.9. The van der Waals surface area contributed by atoms with Crippen LogP contribution >= 0.6 is 0 Å². The standard InChI is InChI=1S/C46H63N3O12/c1-23-16-15-17-24(2)45(57)48-36-31(22-47-49-30-18-13-11-10-12-14-19-30)40(54)33-34(41(36)55)39(53)28(6)43-35(33)44(56)46(8,61-43)59-21-20-32(58-9)25(3)42(60-29(7)50)27(5)38(52)26(4)37(23)51/h15-17,20-23,25-27,30,32,37-38,42,49,51-55H,10-14,18-19H2,1-9H3,(H,48,57)/b16-15?,21-20?,24-17?,47-22+.